The van der Waals surface area contributed by atoms with Crippen LogP contribution in [0.4, 0.5) is 0 Å². The summed E-state index contributed by atoms with van der Waals surface area (Å²) < 4.78 is 0. The van der Waals surface area contributed by atoms with Gasteiger partial charge in [0.15, 0.2) is 0 Å². The monoisotopic (exact) mass is 182 g/mol. The highest BCUT2D eigenvalue weighted by Crippen LogP contribution is 2.09. The molecule has 0 aliphatic rings. The molecule has 0 saturated heterocycles. The van der Waals surface area contributed by atoms with E-state index in [4.69, 9.17) is 5.11 Å². The minimum Gasteiger partial charge on any atom is -0.472 e. The molecule has 0 spiro atoms. The van der Waals surface area contributed by atoms with Crippen molar-refractivity contribution in [3.05, 3.63) is 0 Å². The number of hydrogen-bond donors (Lipinski definition) is 1. The molecule has 0 rings (SSSR count). The quantitative estimate of drug-likeness (QED) is 0.524. The van der Waals surface area contributed by atoms with E-state index < -0.39 is 5.97 Å². The molecule has 0 saturated carbocycles. The molecule has 1 N–H and O–H groups in total. The molecular formula is C11H18O2. The molecular weight excluding hydrogens is 164 g/mol. The number of hydrogen-bond acceptors (Lipinski definition) is 1. The molecule has 2 heteroatoms. The van der Waals surface area contributed by atoms with E-state index in [0.717, 1.165) is 12.8 Å². The number of aliphatic carboxylic acids is 1. The maximum absolute atomic E-state index is 10.1. The van der Waals surface area contributed by atoms with Gasteiger partial charge >= 0.3 is 5.97 Å². The van der Waals surface area contributed by atoms with Crippen LogP contribution < -0.4 is 0 Å². The van der Waals surface area contributed by atoms with Crippen LogP contribution in [0.1, 0.15) is 46.0 Å². The molecule has 0 fully saturated rings. The zero-order valence-electron chi connectivity index (χ0n) is 8.47. The van der Waals surface area contributed by atoms with Crippen molar-refractivity contribution in [3.8, 4) is 11.8 Å². The molecule has 0 radical (unpaired) electrons. The molecule has 0 bridgehead atoms. The lowest BCUT2D eigenvalue weighted by Gasteiger charge is -2.01. The molecule has 0 aromatic rings. The SMILES string of the molecule is CCCCCCC(C)C#CC(=O)O. The zero-order chi connectivity index (χ0) is 10.1. The highest BCUT2D eigenvalue weighted by Gasteiger charge is 1.97. The van der Waals surface area contributed by atoms with Gasteiger partial charge in [-0.15, -0.1) is 0 Å². The van der Waals surface area contributed by atoms with Crippen molar-refractivity contribution in [2.75, 3.05) is 0 Å². The second-order valence-corrected chi connectivity index (χ2v) is 3.32. The van der Waals surface area contributed by atoms with E-state index >= 15 is 0 Å². The van der Waals surface area contributed by atoms with Crippen LogP contribution in [0.15, 0.2) is 0 Å². The standard InChI is InChI=1S/C11H18O2/c1-3-4-5-6-7-10(2)8-9-11(12)13/h10H,3-7H2,1-2H3,(H,12,13). The van der Waals surface area contributed by atoms with Gasteiger partial charge < -0.3 is 5.11 Å². The fourth-order valence-electron chi connectivity index (χ4n) is 1.13. The highest BCUT2D eigenvalue weighted by molar-refractivity contribution is 5.86. The van der Waals surface area contributed by atoms with E-state index in [1.165, 1.54) is 19.3 Å². The first-order valence-corrected chi connectivity index (χ1v) is 4.91. The van der Waals surface area contributed by atoms with E-state index in [1.54, 1.807) is 0 Å². The van der Waals surface area contributed by atoms with Crippen LogP contribution in [0, 0.1) is 17.8 Å². The Morgan fingerprint density at radius 1 is 1.38 bits per heavy atom. The lowest BCUT2D eigenvalue weighted by atomic mass is 10.0. The number of carboxylic acids is 1. The first kappa shape index (κ1) is 12.0. The second-order valence-electron chi connectivity index (χ2n) is 3.32. The third-order valence-corrected chi connectivity index (χ3v) is 1.92. The normalized spacial score (nSPS) is 11.5. The Labute approximate surface area is 80.3 Å². The maximum Gasteiger partial charge on any atom is 0.381 e. The minimum atomic E-state index is -1.03. The predicted molar refractivity (Wildman–Crippen MR) is 53.3 cm³/mol. The van der Waals surface area contributed by atoms with Gasteiger partial charge in [0.25, 0.3) is 0 Å². The van der Waals surface area contributed by atoms with Crippen LogP contribution >= 0.6 is 0 Å². The minimum absolute atomic E-state index is 0.216. The van der Waals surface area contributed by atoms with E-state index in [1.807, 2.05) is 6.92 Å². The fourth-order valence-corrected chi connectivity index (χ4v) is 1.13. The van der Waals surface area contributed by atoms with E-state index in [-0.39, 0.29) is 5.92 Å². The van der Waals surface area contributed by atoms with Crippen molar-refractivity contribution in [3.63, 3.8) is 0 Å². The Hall–Kier alpha value is -0.970. The Bertz CT molecular complexity index is 198. The number of carboxylic acid groups (broad SMARTS) is 1. The van der Waals surface area contributed by atoms with Crippen molar-refractivity contribution in [2.45, 2.75) is 46.0 Å². The fraction of sp³-hybridized carbons (Fsp3) is 0.727. The van der Waals surface area contributed by atoms with E-state index in [2.05, 4.69) is 18.8 Å². The van der Waals surface area contributed by atoms with Crippen LogP contribution in [0.3, 0.4) is 0 Å². The number of rotatable bonds is 5. The maximum atomic E-state index is 10.1. The van der Waals surface area contributed by atoms with Gasteiger partial charge in [-0.2, -0.15) is 0 Å². The molecule has 13 heavy (non-hydrogen) atoms. The van der Waals surface area contributed by atoms with Crippen LogP contribution in [-0.4, -0.2) is 11.1 Å². The number of unbranched alkanes of at least 4 members (excludes halogenated alkanes) is 3. The zero-order valence-corrected chi connectivity index (χ0v) is 8.47. The third kappa shape index (κ3) is 8.94. The van der Waals surface area contributed by atoms with Crippen LogP contribution in [0.2, 0.25) is 0 Å². The summed E-state index contributed by atoms with van der Waals surface area (Å²) in [6.07, 6.45) is 5.90. The average Bonchev–Trinajstić information content (AvgIpc) is 2.09. The Kier molecular flexibility index (Phi) is 7.10. The molecule has 1 atom stereocenters. The van der Waals surface area contributed by atoms with Crippen molar-refractivity contribution < 1.29 is 9.90 Å². The molecule has 0 aliphatic carbocycles. The van der Waals surface area contributed by atoms with Crippen LogP contribution in [-0.2, 0) is 4.79 Å². The van der Waals surface area contributed by atoms with Crippen molar-refractivity contribution >= 4 is 5.97 Å². The number of carbonyl (C=O) groups is 1. The van der Waals surface area contributed by atoms with Crippen molar-refractivity contribution in [1.29, 1.82) is 0 Å². The van der Waals surface area contributed by atoms with Crippen LogP contribution in [0.5, 0.6) is 0 Å². The summed E-state index contributed by atoms with van der Waals surface area (Å²) in [7, 11) is 0. The van der Waals surface area contributed by atoms with Gasteiger partial charge in [-0.3, -0.25) is 0 Å². The molecule has 0 aromatic heterocycles. The summed E-state index contributed by atoms with van der Waals surface area (Å²) in [5, 5.41) is 8.30. The van der Waals surface area contributed by atoms with Gasteiger partial charge in [0.05, 0.1) is 0 Å². The summed E-state index contributed by atoms with van der Waals surface area (Å²) in [6, 6.07) is 0. The van der Waals surface area contributed by atoms with Gasteiger partial charge in [-0.1, -0.05) is 45.5 Å². The summed E-state index contributed by atoms with van der Waals surface area (Å²) >= 11 is 0. The summed E-state index contributed by atoms with van der Waals surface area (Å²) in [5.74, 6) is 4.05. The highest BCUT2D eigenvalue weighted by atomic mass is 16.4. The van der Waals surface area contributed by atoms with Crippen molar-refractivity contribution in [1.82, 2.24) is 0 Å². The first-order valence-electron chi connectivity index (χ1n) is 4.91. The molecule has 74 valence electrons. The Morgan fingerprint density at radius 2 is 2.08 bits per heavy atom. The largest absolute Gasteiger partial charge is 0.472 e. The second kappa shape index (κ2) is 7.67. The molecule has 0 aliphatic heterocycles. The predicted octanol–water partition coefficient (Wildman–Crippen LogP) is 2.68. The third-order valence-electron chi connectivity index (χ3n) is 1.92. The first-order chi connectivity index (χ1) is 6.16. The lowest BCUT2D eigenvalue weighted by molar-refractivity contribution is -0.130. The summed E-state index contributed by atoms with van der Waals surface area (Å²) in [5.41, 5.74) is 0. The Morgan fingerprint density at radius 3 is 2.62 bits per heavy atom. The molecule has 0 amide bonds. The molecule has 1 unspecified atom stereocenters. The van der Waals surface area contributed by atoms with Gasteiger partial charge in [0, 0.05) is 11.8 Å². The van der Waals surface area contributed by atoms with Crippen molar-refractivity contribution in [2.24, 2.45) is 5.92 Å². The smallest absolute Gasteiger partial charge is 0.381 e. The molecule has 2 nitrogen and oxygen atoms in total. The van der Waals surface area contributed by atoms with Crippen LogP contribution in [0.25, 0.3) is 0 Å². The lowest BCUT2D eigenvalue weighted by Crippen LogP contribution is -1.93. The van der Waals surface area contributed by atoms with E-state index in [0.29, 0.717) is 0 Å². The average molecular weight is 182 g/mol. The Balaban J connectivity index is 3.47. The van der Waals surface area contributed by atoms with Gasteiger partial charge in [-0.25, -0.2) is 4.79 Å². The molecule has 0 aromatic carbocycles. The van der Waals surface area contributed by atoms with Gasteiger partial charge in [0.1, 0.15) is 0 Å². The van der Waals surface area contributed by atoms with Gasteiger partial charge in [0.2, 0.25) is 0 Å². The topological polar surface area (TPSA) is 37.3 Å². The summed E-state index contributed by atoms with van der Waals surface area (Å²) in [6.45, 7) is 4.15. The molecule has 0 heterocycles. The summed E-state index contributed by atoms with van der Waals surface area (Å²) in [4.78, 5) is 10.1. The van der Waals surface area contributed by atoms with E-state index in [9.17, 15) is 4.79 Å². The van der Waals surface area contributed by atoms with Gasteiger partial charge in [-0.05, 0) is 6.42 Å².